The van der Waals surface area contributed by atoms with Crippen molar-refractivity contribution in [3.8, 4) is 12.3 Å². The first-order chi connectivity index (χ1) is 9.31. The minimum Gasteiger partial charge on any atom is -0.391 e. The number of aliphatic hydroxyl groups excluding tert-OH is 2. The number of nitrogens with two attached hydrogens (primary N) is 2. The van der Waals surface area contributed by atoms with E-state index in [1.807, 2.05) is 0 Å². The molecule has 1 aliphatic heterocycles. The topological polar surface area (TPSA) is 150 Å². The van der Waals surface area contributed by atoms with Crippen molar-refractivity contribution >= 4 is 5.95 Å². The third-order valence-corrected chi connectivity index (χ3v) is 3.22. The van der Waals surface area contributed by atoms with Gasteiger partial charge in [-0.3, -0.25) is 4.57 Å². The largest absolute Gasteiger partial charge is 0.391 e. The van der Waals surface area contributed by atoms with Crippen molar-refractivity contribution in [1.82, 2.24) is 14.5 Å². The number of nitrogen functional groups attached to an aromatic ring is 1. The molecule has 5 atom stereocenters. The third kappa shape index (κ3) is 2.04. The molecule has 2 rings (SSSR count). The summed E-state index contributed by atoms with van der Waals surface area (Å²) in [6.45, 7) is 1.41. The molecule has 1 aromatic heterocycles. The van der Waals surface area contributed by atoms with Crippen molar-refractivity contribution in [3.63, 3.8) is 0 Å². The number of rotatable bonds is 2. The predicted molar refractivity (Wildman–Crippen MR) is 68.1 cm³/mol. The molecule has 6 N–H and O–H groups in total. The molecule has 1 saturated heterocycles. The summed E-state index contributed by atoms with van der Waals surface area (Å²) in [5.74, 6) is 2.00. The Balaban J connectivity index is 2.50. The molecule has 0 bridgehead atoms. The molecule has 20 heavy (non-hydrogen) atoms. The zero-order valence-electron chi connectivity index (χ0n) is 10.7. The first-order valence-electron chi connectivity index (χ1n) is 5.80. The lowest BCUT2D eigenvalue weighted by molar-refractivity contribution is -0.0781. The molecular weight excluding hydrogens is 266 g/mol. The summed E-state index contributed by atoms with van der Waals surface area (Å²) in [7, 11) is 0. The SMILES string of the molecule is C#C[C@@]1(N)C(O)[C@@H]([C@H](C)O)O[C@H]1n1cnc(N)nc1=O. The van der Waals surface area contributed by atoms with Crippen LogP contribution in [0.25, 0.3) is 0 Å². The van der Waals surface area contributed by atoms with Gasteiger partial charge in [0.1, 0.15) is 18.5 Å². The van der Waals surface area contributed by atoms with E-state index in [0.717, 1.165) is 10.9 Å². The first kappa shape index (κ1) is 14.4. The normalized spacial score (nSPS) is 34.6. The summed E-state index contributed by atoms with van der Waals surface area (Å²) in [6.07, 6.45) is 1.79. The number of hydrogen-bond acceptors (Lipinski definition) is 8. The summed E-state index contributed by atoms with van der Waals surface area (Å²) in [5, 5.41) is 19.7. The Hall–Kier alpha value is -1.99. The number of aliphatic hydroxyl groups is 2. The molecule has 2 heterocycles. The predicted octanol–water partition coefficient (Wildman–Crippen LogP) is -2.81. The second kappa shape index (κ2) is 4.84. The monoisotopic (exact) mass is 281 g/mol. The zero-order valence-corrected chi connectivity index (χ0v) is 10.7. The molecule has 9 heteroatoms. The van der Waals surface area contributed by atoms with Crippen molar-refractivity contribution in [3.05, 3.63) is 16.8 Å². The van der Waals surface area contributed by atoms with Gasteiger partial charge in [-0.2, -0.15) is 4.98 Å². The van der Waals surface area contributed by atoms with Gasteiger partial charge in [0.25, 0.3) is 0 Å². The minimum absolute atomic E-state index is 0.208. The first-order valence-corrected chi connectivity index (χ1v) is 5.80. The number of hydrogen-bond donors (Lipinski definition) is 4. The highest BCUT2D eigenvalue weighted by Gasteiger charge is 2.55. The second-order valence-corrected chi connectivity index (χ2v) is 4.62. The Morgan fingerprint density at radius 3 is 2.85 bits per heavy atom. The van der Waals surface area contributed by atoms with E-state index in [-0.39, 0.29) is 5.95 Å². The van der Waals surface area contributed by atoms with E-state index < -0.39 is 35.8 Å². The van der Waals surface area contributed by atoms with E-state index in [0.29, 0.717) is 0 Å². The number of terminal acetylenes is 1. The van der Waals surface area contributed by atoms with Crippen molar-refractivity contribution in [2.45, 2.75) is 37.0 Å². The summed E-state index contributed by atoms with van der Waals surface area (Å²) < 4.78 is 6.36. The molecule has 0 aromatic carbocycles. The Morgan fingerprint density at radius 2 is 2.35 bits per heavy atom. The molecule has 0 spiro atoms. The smallest absolute Gasteiger partial charge is 0.354 e. The van der Waals surface area contributed by atoms with Gasteiger partial charge in [0, 0.05) is 0 Å². The Labute approximate surface area is 114 Å². The van der Waals surface area contributed by atoms with Gasteiger partial charge in [-0.25, -0.2) is 9.78 Å². The Kier molecular flexibility index (Phi) is 3.49. The van der Waals surface area contributed by atoms with Gasteiger partial charge in [-0.15, -0.1) is 6.42 Å². The second-order valence-electron chi connectivity index (χ2n) is 4.62. The molecule has 0 amide bonds. The van der Waals surface area contributed by atoms with Crippen LogP contribution in [0.5, 0.6) is 0 Å². The molecule has 0 aliphatic carbocycles. The van der Waals surface area contributed by atoms with Gasteiger partial charge >= 0.3 is 5.69 Å². The molecule has 1 fully saturated rings. The average Bonchev–Trinajstić information content (AvgIpc) is 2.64. The lowest BCUT2D eigenvalue weighted by Crippen LogP contribution is -2.55. The van der Waals surface area contributed by atoms with Crippen LogP contribution >= 0.6 is 0 Å². The molecule has 108 valence electrons. The Bertz CT molecular complexity index is 610. The Morgan fingerprint density at radius 1 is 1.70 bits per heavy atom. The number of ether oxygens (including phenoxy) is 1. The van der Waals surface area contributed by atoms with Gasteiger partial charge in [0.2, 0.25) is 5.95 Å². The lowest BCUT2D eigenvalue weighted by Gasteiger charge is -2.27. The minimum atomic E-state index is -1.70. The highest BCUT2D eigenvalue weighted by Crippen LogP contribution is 2.36. The fraction of sp³-hybridized carbons (Fsp3) is 0.545. The van der Waals surface area contributed by atoms with E-state index in [2.05, 4.69) is 15.9 Å². The van der Waals surface area contributed by atoms with Crippen LogP contribution in [0.2, 0.25) is 0 Å². The number of anilines is 1. The molecule has 1 aromatic rings. The van der Waals surface area contributed by atoms with E-state index in [1.165, 1.54) is 6.92 Å². The third-order valence-electron chi connectivity index (χ3n) is 3.22. The van der Waals surface area contributed by atoms with Gasteiger partial charge in [-0.1, -0.05) is 5.92 Å². The number of nitrogens with zero attached hydrogens (tertiary/aromatic N) is 3. The van der Waals surface area contributed by atoms with Crippen molar-refractivity contribution < 1.29 is 14.9 Å². The van der Waals surface area contributed by atoms with Crippen LogP contribution in [0.3, 0.4) is 0 Å². The fourth-order valence-electron chi connectivity index (χ4n) is 2.10. The van der Waals surface area contributed by atoms with E-state index in [1.54, 1.807) is 0 Å². The highest BCUT2D eigenvalue weighted by molar-refractivity contribution is 5.23. The zero-order chi connectivity index (χ0) is 15.1. The molecule has 0 radical (unpaired) electrons. The van der Waals surface area contributed by atoms with Crippen molar-refractivity contribution in [2.24, 2.45) is 5.73 Å². The van der Waals surface area contributed by atoms with Gasteiger partial charge in [0.05, 0.1) is 6.10 Å². The maximum Gasteiger partial charge on any atom is 0.354 e. The summed E-state index contributed by atoms with van der Waals surface area (Å²) in [4.78, 5) is 18.9. The van der Waals surface area contributed by atoms with Gasteiger partial charge in [0.15, 0.2) is 11.8 Å². The highest BCUT2D eigenvalue weighted by atomic mass is 16.5. The molecule has 1 unspecified atom stereocenters. The maximum atomic E-state index is 11.8. The van der Waals surface area contributed by atoms with Crippen LogP contribution in [0.4, 0.5) is 5.95 Å². The van der Waals surface area contributed by atoms with Crippen molar-refractivity contribution in [1.29, 1.82) is 0 Å². The van der Waals surface area contributed by atoms with Crippen LogP contribution in [0.15, 0.2) is 11.1 Å². The van der Waals surface area contributed by atoms with Crippen LogP contribution < -0.4 is 17.2 Å². The molecule has 9 nitrogen and oxygen atoms in total. The van der Waals surface area contributed by atoms with Crippen LogP contribution in [-0.2, 0) is 4.74 Å². The molecule has 1 aliphatic rings. The van der Waals surface area contributed by atoms with Crippen LogP contribution in [0, 0.1) is 12.3 Å². The molecule has 0 saturated carbocycles. The standard InChI is InChI=1S/C11H15N5O4/c1-3-11(13)7(18)6(5(2)17)20-8(11)16-4-14-9(12)15-10(16)19/h1,4-8,17-18H,13H2,2H3,(H2,12,15,19)/t5-,6+,7?,8+,11+/m0/s1. The van der Waals surface area contributed by atoms with Crippen LogP contribution in [-0.4, -0.2) is 48.6 Å². The van der Waals surface area contributed by atoms with E-state index >= 15 is 0 Å². The quantitative estimate of drug-likeness (QED) is 0.424. The van der Waals surface area contributed by atoms with Crippen LogP contribution in [0.1, 0.15) is 13.2 Å². The van der Waals surface area contributed by atoms with Gasteiger partial charge in [-0.05, 0) is 6.92 Å². The van der Waals surface area contributed by atoms with Gasteiger partial charge < -0.3 is 26.4 Å². The summed E-state index contributed by atoms with van der Waals surface area (Å²) in [5.41, 5.74) is 8.76. The lowest BCUT2D eigenvalue weighted by atomic mass is 9.90. The average molecular weight is 281 g/mol. The van der Waals surface area contributed by atoms with E-state index in [9.17, 15) is 15.0 Å². The number of aromatic nitrogens is 3. The molecular formula is C11H15N5O4. The maximum absolute atomic E-state index is 11.8. The fourth-order valence-corrected chi connectivity index (χ4v) is 2.10. The summed E-state index contributed by atoms with van der Waals surface area (Å²) >= 11 is 0. The summed E-state index contributed by atoms with van der Waals surface area (Å²) in [6, 6.07) is 0. The van der Waals surface area contributed by atoms with E-state index in [4.69, 9.17) is 22.6 Å². The van der Waals surface area contributed by atoms with Crippen molar-refractivity contribution in [2.75, 3.05) is 5.73 Å².